The lowest BCUT2D eigenvalue weighted by Gasteiger charge is -2.23. The monoisotopic (exact) mass is 439 g/mol. The Balaban J connectivity index is 1.63. The van der Waals surface area contributed by atoms with Crippen molar-refractivity contribution < 1.29 is 4.79 Å². The molecule has 166 valence electrons. The standard InChI is InChI=1S/C25H25N7O/c1-3-9-32(10-4-2)21-11-18(14-27-16-21)17-5-8-23-22(12-17)24(31-30-23)25(33)29-20-7-6-19(13-26)28-15-20/h5-8,11-12,14-16H,3-4,9-10H2,1-2H3,(H,29,33)(H,30,31). The molecule has 33 heavy (non-hydrogen) atoms. The normalized spacial score (nSPS) is 10.7. The summed E-state index contributed by atoms with van der Waals surface area (Å²) in [7, 11) is 0. The van der Waals surface area contributed by atoms with Gasteiger partial charge in [0.05, 0.1) is 29.3 Å². The Hall–Kier alpha value is -4.25. The number of nitriles is 1. The van der Waals surface area contributed by atoms with Crippen molar-refractivity contribution >= 4 is 28.2 Å². The maximum atomic E-state index is 12.9. The number of carbonyl (C=O) groups excluding carboxylic acids is 1. The summed E-state index contributed by atoms with van der Waals surface area (Å²) < 4.78 is 0. The highest BCUT2D eigenvalue weighted by molar-refractivity contribution is 6.11. The number of hydrogen-bond donors (Lipinski definition) is 2. The van der Waals surface area contributed by atoms with E-state index in [1.165, 1.54) is 6.20 Å². The van der Waals surface area contributed by atoms with Crippen LogP contribution in [0.5, 0.6) is 0 Å². The quantitative estimate of drug-likeness (QED) is 0.409. The van der Waals surface area contributed by atoms with Crippen molar-refractivity contribution in [2.24, 2.45) is 0 Å². The lowest BCUT2D eigenvalue weighted by atomic mass is 10.0. The molecular formula is C25H25N7O. The number of aromatic amines is 1. The zero-order chi connectivity index (χ0) is 23.2. The minimum Gasteiger partial charge on any atom is -0.370 e. The maximum Gasteiger partial charge on any atom is 0.276 e. The number of fused-ring (bicyclic) bond motifs is 1. The molecule has 1 aromatic carbocycles. The number of amides is 1. The SMILES string of the molecule is CCCN(CCC)c1cncc(-c2ccc3[nH]nc(C(=O)Nc4ccc(C#N)nc4)c3c2)c1. The Labute approximate surface area is 192 Å². The number of carbonyl (C=O) groups is 1. The van der Waals surface area contributed by atoms with E-state index in [-0.39, 0.29) is 11.6 Å². The molecule has 0 saturated carbocycles. The molecule has 0 saturated heterocycles. The average molecular weight is 440 g/mol. The third-order valence-electron chi connectivity index (χ3n) is 5.32. The minimum atomic E-state index is -0.353. The van der Waals surface area contributed by atoms with Crippen LogP contribution in [0.4, 0.5) is 11.4 Å². The summed E-state index contributed by atoms with van der Waals surface area (Å²) in [6.07, 6.45) is 7.32. The van der Waals surface area contributed by atoms with Gasteiger partial charge in [-0.25, -0.2) is 4.98 Å². The molecule has 8 nitrogen and oxygen atoms in total. The van der Waals surface area contributed by atoms with Gasteiger partial charge in [-0.15, -0.1) is 0 Å². The van der Waals surface area contributed by atoms with Gasteiger partial charge < -0.3 is 10.2 Å². The van der Waals surface area contributed by atoms with Crippen molar-refractivity contribution in [3.05, 3.63) is 66.4 Å². The first kappa shape index (κ1) is 22.0. The first-order valence-electron chi connectivity index (χ1n) is 11.0. The lowest BCUT2D eigenvalue weighted by Crippen LogP contribution is -2.24. The van der Waals surface area contributed by atoms with E-state index in [2.05, 4.69) is 50.3 Å². The Bertz CT molecular complexity index is 1300. The van der Waals surface area contributed by atoms with E-state index in [9.17, 15) is 4.79 Å². The van der Waals surface area contributed by atoms with Gasteiger partial charge in [-0.3, -0.25) is 14.9 Å². The molecule has 3 heterocycles. The lowest BCUT2D eigenvalue weighted by molar-refractivity contribution is 0.102. The molecule has 0 aliphatic carbocycles. The second kappa shape index (κ2) is 9.92. The van der Waals surface area contributed by atoms with Gasteiger partial charge in [0.25, 0.3) is 5.91 Å². The van der Waals surface area contributed by atoms with E-state index in [0.717, 1.165) is 53.6 Å². The molecule has 0 spiro atoms. The van der Waals surface area contributed by atoms with Gasteiger partial charge in [0.2, 0.25) is 0 Å². The van der Waals surface area contributed by atoms with Crippen molar-refractivity contribution in [1.82, 2.24) is 20.2 Å². The third kappa shape index (κ3) is 4.83. The number of aromatic nitrogens is 4. The second-order valence-corrected chi connectivity index (χ2v) is 7.75. The van der Waals surface area contributed by atoms with Crippen molar-refractivity contribution in [1.29, 1.82) is 5.26 Å². The molecule has 2 N–H and O–H groups in total. The fourth-order valence-corrected chi connectivity index (χ4v) is 3.76. The molecule has 0 radical (unpaired) electrons. The van der Waals surface area contributed by atoms with Crippen LogP contribution in [0, 0.1) is 11.3 Å². The number of rotatable bonds is 8. The molecule has 8 heteroatoms. The van der Waals surface area contributed by atoms with Crippen LogP contribution in [0.2, 0.25) is 0 Å². The van der Waals surface area contributed by atoms with Crippen molar-refractivity contribution in [3.8, 4) is 17.2 Å². The van der Waals surface area contributed by atoms with Gasteiger partial charge in [-0.2, -0.15) is 10.4 Å². The van der Waals surface area contributed by atoms with Gasteiger partial charge in [0, 0.05) is 30.2 Å². The highest BCUT2D eigenvalue weighted by Gasteiger charge is 2.16. The van der Waals surface area contributed by atoms with Crippen LogP contribution in [0.25, 0.3) is 22.0 Å². The number of hydrogen-bond acceptors (Lipinski definition) is 6. The predicted molar refractivity (Wildman–Crippen MR) is 129 cm³/mol. The average Bonchev–Trinajstić information content (AvgIpc) is 3.28. The minimum absolute atomic E-state index is 0.287. The Morgan fingerprint density at radius 1 is 1.06 bits per heavy atom. The highest BCUT2D eigenvalue weighted by Crippen LogP contribution is 2.28. The molecular weight excluding hydrogens is 414 g/mol. The fraction of sp³-hybridized carbons (Fsp3) is 0.240. The van der Waals surface area contributed by atoms with Crippen molar-refractivity contribution in [2.45, 2.75) is 26.7 Å². The van der Waals surface area contributed by atoms with Gasteiger partial charge in [-0.05, 0) is 48.7 Å². The number of benzene rings is 1. The van der Waals surface area contributed by atoms with E-state index >= 15 is 0 Å². The van der Waals surface area contributed by atoms with E-state index in [1.807, 2.05) is 36.7 Å². The summed E-state index contributed by atoms with van der Waals surface area (Å²) in [6.45, 7) is 6.31. The van der Waals surface area contributed by atoms with E-state index in [0.29, 0.717) is 11.4 Å². The van der Waals surface area contributed by atoms with Crippen LogP contribution in [0.3, 0.4) is 0 Å². The van der Waals surface area contributed by atoms with Gasteiger partial charge in [-0.1, -0.05) is 19.9 Å². The summed E-state index contributed by atoms with van der Waals surface area (Å²) in [5.74, 6) is -0.353. The number of anilines is 2. The van der Waals surface area contributed by atoms with E-state index < -0.39 is 0 Å². The maximum absolute atomic E-state index is 12.9. The summed E-state index contributed by atoms with van der Waals surface area (Å²) in [6, 6.07) is 13.2. The largest absolute Gasteiger partial charge is 0.370 e. The summed E-state index contributed by atoms with van der Waals surface area (Å²) >= 11 is 0. The van der Waals surface area contributed by atoms with Crippen LogP contribution in [0.15, 0.2) is 55.0 Å². The molecule has 0 aliphatic heterocycles. The molecule has 0 atom stereocenters. The Kier molecular flexibility index (Phi) is 6.60. The second-order valence-electron chi connectivity index (χ2n) is 7.75. The van der Waals surface area contributed by atoms with Crippen molar-refractivity contribution in [2.75, 3.05) is 23.3 Å². The summed E-state index contributed by atoms with van der Waals surface area (Å²) in [5, 5.41) is 19.5. The molecule has 4 rings (SSSR count). The molecule has 3 aromatic heterocycles. The zero-order valence-electron chi connectivity index (χ0n) is 18.7. The molecule has 0 fully saturated rings. The fourth-order valence-electron chi connectivity index (χ4n) is 3.76. The molecule has 4 aromatic rings. The van der Waals surface area contributed by atoms with Crippen LogP contribution in [-0.4, -0.2) is 39.2 Å². The molecule has 0 unspecified atom stereocenters. The van der Waals surface area contributed by atoms with Gasteiger partial charge in [0.15, 0.2) is 5.69 Å². The van der Waals surface area contributed by atoms with Crippen LogP contribution in [-0.2, 0) is 0 Å². The third-order valence-corrected chi connectivity index (χ3v) is 5.32. The van der Waals surface area contributed by atoms with Gasteiger partial charge >= 0.3 is 0 Å². The summed E-state index contributed by atoms with van der Waals surface area (Å²) in [5.41, 5.74) is 4.87. The van der Waals surface area contributed by atoms with E-state index in [4.69, 9.17) is 5.26 Å². The van der Waals surface area contributed by atoms with Crippen molar-refractivity contribution in [3.63, 3.8) is 0 Å². The van der Waals surface area contributed by atoms with E-state index in [1.54, 1.807) is 12.1 Å². The van der Waals surface area contributed by atoms with Crippen LogP contribution < -0.4 is 10.2 Å². The highest BCUT2D eigenvalue weighted by atomic mass is 16.1. The smallest absolute Gasteiger partial charge is 0.276 e. The Morgan fingerprint density at radius 2 is 1.88 bits per heavy atom. The Morgan fingerprint density at radius 3 is 2.58 bits per heavy atom. The summed E-state index contributed by atoms with van der Waals surface area (Å²) in [4.78, 5) is 23.7. The molecule has 1 amide bonds. The molecule has 0 bridgehead atoms. The number of pyridine rings is 2. The first-order valence-corrected chi connectivity index (χ1v) is 11.0. The zero-order valence-corrected chi connectivity index (χ0v) is 18.7. The molecule has 0 aliphatic rings. The predicted octanol–water partition coefficient (Wildman–Crippen LogP) is 4.77. The van der Waals surface area contributed by atoms with Gasteiger partial charge in [0.1, 0.15) is 11.8 Å². The van der Waals surface area contributed by atoms with Crippen LogP contribution >= 0.6 is 0 Å². The van der Waals surface area contributed by atoms with Crippen LogP contribution in [0.1, 0.15) is 42.9 Å². The topological polar surface area (TPSA) is 111 Å². The number of nitrogens with zero attached hydrogens (tertiary/aromatic N) is 5. The number of H-pyrrole nitrogens is 1. The first-order chi connectivity index (χ1) is 16.1. The number of nitrogens with one attached hydrogen (secondary N) is 2.